The lowest BCUT2D eigenvalue weighted by molar-refractivity contribution is -0.137. The molecule has 9 nitrogen and oxygen atoms in total. The van der Waals surface area contributed by atoms with E-state index in [2.05, 4.69) is 0 Å². The number of fused-ring (bicyclic) bond motifs is 1. The van der Waals surface area contributed by atoms with Gasteiger partial charge in [-0.2, -0.15) is 17.5 Å². The van der Waals surface area contributed by atoms with Crippen LogP contribution in [0.15, 0.2) is 65.6 Å². The summed E-state index contributed by atoms with van der Waals surface area (Å²) in [5, 5.41) is 0. The molecule has 0 unspecified atom stereocenters. The van der Waals surface area contributed by atoms with Crippen molar-refractivity contribution < 1.29 is 40.7 Å². The molecule has 0 aromatic heterocycles. The lowest BCUT2D eigenvalue weighted by Gasteiger charge is -2.36. The number of alkyl halides is 3. The molecule has 222 valence electrons. The molecule has 42 heavy (non-hydrogen) atoms. The summed E-state index contributed by atoms with van der Waals surface area (Å²) in [7, 11) is -2.51. The zero-order chi connectivity index (χ0) is 30.2. The van der Waals surface area contributed by atoms with Crippen molar-refractivity contribution in [2.45, 2.75) is 18.0 Å². The number of anilines is 2. The number of halogens is 3. The standard InChI is InChI=1S/C29H28F3N3O6S/c1-19-15-26-24(35(28(37)18-41-26)17-25(36)20-3-9-23(40-2)10-4-20)16-27(19)42(38,39)34-13-11-33(12-14-34)22-7-5-21(6-8-22)29(30,31)32/h3-10,15-16H,11-14,17-18H2,1-2H3. The lowest BCUT2D eigenvalue weighted by atomic mass is 10.1. The molecule has 5 rings (SSSR count). The number of nitrogens with zero attached hydrogens (tertiary/aromatic N) is 3. The average Bonchev–Trinajstić information content (AvgIpc) is 2.98. The first-order valence-electron chi connectivity index (χ1n) is 13.1. The van der Waals surface area contributed by atoms with Crippen LogP contribution in [0.3, 0.4) is 0 Å². The first-order valence-corrected chi connectivity index (χ1v) is 14.5. The Morgan fingerprint density at radius 1 is 0.976 bits per heavy atom. The second kappa shape index (κ2) is 11.3. The molecule has 3 aromatic carbocycles. The maximum atomic E-state index is 13.7. The van der Waals surface area contributed by atoms with E-state index < -0.39 is 27.7 Å². The van der Waals surface area contributed by atoms with Gasteiger partial charge in [-0.1, -0.05) is 0 Å². The van der Waals surface area contributed by atoms with Crippen molar-refractivity contribution in [1.29, 1.82) is 0 Å². The number of ketones is 1. The van der Waals surface area contributed by atoms with Crippen LogP contribution in [0.2, 0.25) is 0 Å². The summed E-state index contributed by atoms with van der Waals surface area (Å²) >= 11 is 0. The molecule has 1 fully saturated rings. The predicted molar refractivity (Wildman–Crippen MR) is 149 cm³/mol. The van der Waals surface area contributed by atoms with Gasteiger partial charge in [0.05, 0.1) is 29.8 Å². The van der Waals surface area contributed by atoms with E-state index in [4.69, 9.17) is 9.47 Å². The van der Waals surface area contributed by atoms with Crippen molar-refractivity contribution in [3.63, 3.8) is 0 Å². The Hall–Kier alpha value is -4.10. The van der Waals surface area contributed by atoms with Crippen LogP contribution in [-0.4, -0.2) is 70.9 Å². The monoisotopic (exact) mass is 603 g/mol. The molecular formula is C29H28F3N3O6S. The number of carbonyl (C=O) groups is 2. The molecule has 13 heteroatoms. The van der Waals surface area contributed by atoms with Crippen LogP contribution in [0, 0.1) is 6.92 Å². The Balaban J connectivity index is 1.35. The minimum Gasteiger partial charge on any atom is -0.497 e. The van der Waals surface area contributed by atoms with Crippen molar-refractivity contribution in [3.05, 3.63) is 77.4 Å². The molecule has 0 aliphatic carbocycles. The number of Topliss-reactive ketones (excluding diaryl/α,β-unsaturated/α-hetero) is 1. The number of hydrogen-bond acceptors (Lipinski definition) is 7. The molecule has 0 bridgehead atoms. The largest absolute Gasteiger partial charge is 0.497 e. The molecule has 2 aliphatic heterocycles. The number of amides is 1. The summed E-state index contributed by atoms with van der Waals surface area (Å²) in [4.78, 5) is 28.9. The number of rotatable bonds is 7. The number of hydrogen-bond donors (Lipinski definition) is 0. The first-order chi connectivity index (χ1) is 19.9. The molecule has 2 aliphatic rings. The van der Waals surface area contributed by atoms with Gasteiger partial charge in [0.15, 0.2) is 12.4 Å². The van der Waals surface area contributed by atoms with Crippen molar-refractivity contribution in [1.82, 2.24) is 4.31 Å². The highest BCUT2D eigenvalue weighted by Crippen LogP contribution is 2.38. The fourth-order valence-corrected chi connectivity index (χ4v) is 6.63. The van der Waals surface area contributed by atoms with Gasteiger partial charge >= 0.3 is 6.18 Å². The summed E-state index contributed by atoms with van der Waals surface area (Å²) in [6, 6.07) is 14.1. The molecule has 0 spiro atoms. The van der Waals surface area contributed by atoms with E-state index in [0.717, 1.165) is 12.1 Å². The predicted octanol–water partition coefficient (Wildman–Crippen LogP) is 4.14. The second-order valence-corrected chi connectivity index (χ2v) is 11.8. The third kappa shape index (κ3) is 5.79. The number of benzene rings is 3. The van der Waals surface area contributed by atoms with Gasteiger partial charge in [0, 0.05) is 37.4 Å². The summed E-state index contributed by atoms with van der Waals surface area (Å²) in [6.07, 6.45) is -4.44. The topological polar surface area (TPSA) is 96.5 Å². The van der Waals surface area contributed by atoms with Crippen LogP contribution in [0.1, 0.15) is 21.5 Å². The van der Waals surface area contributed by atoms with Crippen LogP contribution < -0.4 is 19.3 Å². The molecule has 0 atom stereocenters. The summed E-state index contributed by atoms with van der Waals surface area (Å²) in [5.41, 5.74) is 0.772. The Kier molecular flexibility index (Phi) is 7.90. The number of piperazine rings is 1. The van der Waals surface area contributed by atoms with Gasteiger partial charge in [-0.15, -0.1) is 0 Å². The molecule has 1 amide bonds. The summed E-state index contributed by atoms with van der Waals surface area (Å²) in [5.74, 6) is 0.0375. The van der Waals surface area contributed by atoms with Crippen LogP contribution in [-0.2, 0) is 21.0 Å². The van der Waals surface area contributed by atoms with Crippen LogP contribution in [0.5, 0.6) is 11.5 Å². The Morgan fingerprint density at radius 3 is 2.21 bits per heavy atom. The van der Waals surface area contributed by atoms with Gasteiger partial charge < -0.3 is 14.4 Å². The normalized spacial score (nSPS) is 16.2. The molecule has 0 N–H and O–H groups in total. The number of methoxy groups -OCH3 is 1. The fraction of sp³-hybridized carbons (Fsp3) is 0.310. The third-order valence-corrected chi connectivity index (χ3v) is 9.37. The smallest absolute Gasteiger partial charge is 0.416 e. The Bertz CT molecular complexity index is 1600. The van der Waals surface area contributed by atoms with Crippen LogP contribution >= 0.6 is 0 Å². The highest BCUT2D eigenvalue weighted by atomic mass is 32.2. The van der Waals surface area contributed by atoms with E-state index in [9.17, 15) is 31.2 Å². The average molecular weight is 604 g/mol. The number of carbonyl (C=O) groups excluding carboxylic acids is 2. The van der Waals surface area contributed by atoms with E-state index >= 15 is 0 Å². The van der Waals surface area contributed by atoms with Crippen molar-refractivity contribution in [2.24, 2.45) is 0 Å². The zero-order valence-corrected chi connectivity index (χ0v) is 23.7. The maximum Gasteiger partial charge on any atom is 0.416 e. The van der Waals surface area contributed by atoms with Gasteiger partial charge in [0.1, 0.15) is 11.5 Å². The van der Waals surface area contributed by atoms with Gasteiger partial charge in [-0.25, -0.2) is 8.42 Å². The second-order valence-electron chi connectivity index (χ2n) is 9.94. The SMILES string of the molecule is COc1ccc(C(=O)CN2C(=O)COc3cc(C)c(S(=O)(=O)N4CCN(c5ccc(C(F)(F)F)cc5)CC4)cc32)cc1. The molecule has 0 saturated carbocycles. The van der Waals surface area contributed by atoms with Crippen molar-refractivity contribution in [3.8, 4) is 11.5 Å². The lowest BCUT2D eigenvalue weighted by Crippen LogP contribution is -2.49. The summed E-state index contributed by atoms with van der Waals surface area (Å²) in [6.45, 7) is 1.79. The fourth-order valence-electron chi connectivity index (χ4n) is 4.98. The molecule has 0 radical (unpaired) electrons. The van der Waals surface area contributed by atoms with Gasteiger partial charge in [-0.3, -0.25) is 14.5 Å². The Morgan fingerprint density at radius 2 is 1.62 bits per heavy atom. The zero-order valence-electron chi connectivity index (χ0n) is 22.8. The van der Waals surface area contributed by atoms with Gasteiger partial charge in [0.25, 0.3) is 5.91 Å². The van der Waals surface area contributed by atoms with E-state index in [1.807, 2.05) is 4.90 Å². The minimum atomic E-state index is -4.44. The Labute approximate surface area is 241 Å². The highest BCUT2D eigenvalue weighted by Gasteiger charge is 2.35. The molecule has 1 saturated heterocycles. The third-order valence-electron chi connectivity index (χ3n) is 7.33. The van der Waals surface area contributed by atoms with Gasteiger partial charge in [0.2, 0.25) is 10.0 Å². The van der Waals surface area contributed by atoms with E-state index in [0.29, 0.717) is 28.3 Å². The maximum absolute atomic E-state index is 13.7. The number of sulfonamides is 1. The van der Waals surface area contributed by atoms with E-state index in [1.165, 1.54) is 40.6 Å². The van der Waals surface area contributed by atoms with Gasteiger partial charge in [-0.05, 0) is 73.2 Å². The van der Waals surface area contributed by atoms with E-state index in [-0.39, 0.29) is 55.7 Å². The van der Waals surface area contributed by atoms with Crippen LogP contribution in [0.25, 0.3) is 0 Å². The van der Waals surface area contributed by atoms with Crippen LogP contribution in [0.4, 0.5) is 24.5 Å². The highest BCUT2D eigenvalue weighted by molar-refractivity contribution is 7.89. The number of aryl methyl sites for hydroxylation is 1. The van der Waals surface area contributed by atoms with E-state index in [1.54, 1.807) is 31.2 Å². The minimum absolute atomic E-state index is 0.0237. The van der Waals surface area contributed by atoms with Crippen molar-refractivity contribution >= 4 is 33.1 Å². The molecular weight excluding hydrogens is 575 g/mol. The quantitative estimate of drug-likeness (QED) is 0.375. The molecule has 2 heterocycles. The summed E-state index contributed by atoms with van der Waals surface area (Å²) < 4.78 is 78.2. The molecule has 3 aromatic rings. The number of ether oxygens (including phenoxy) is 2. The van der Waals surface area contributed by atoms with Crippen molar-refractivity contribution in [2.75, 3.05) is 56.2 Å². The first kappa shape index (κ1) is 29.4.